The molecule has 1 fully saturated rings. The summed E-state index contributed by atoms with van der Waals surface area (Å²) in [5.41, 5.74) is 0.940. The molecule has 0 amide bonds. The fourth-order valence-electron chi connectivity index (χ4n) is 2.22. The van der Waals surface area contributed by atoms with Crippen LogP contribution in [0.15, 0.2) is 22.7 Å². The van der Waals surface area contributed by atoms with E-state index in [4.69, 9.17) is 11.6 Å². The van der Waals surface area contributed by atoms with Gasteiger partial charge in [-0.05, 0) is 48.0 Å². The lowest BCUT2D eigenvalue weighted by atomic mass is 9.94. The van der Waals surface area contributed by atoms with Crippen LogP contribution in [0, 0.1) is 5.92 Å². The third-order valence-corrected chi connectivity index (χ3v) is 5.15. The molecule has 1 saturated heterocycles. The van der Waals surface area contributed by atoms with E-state index in [9.17, 15) is 4.79 Å². The van der Waals surface area contributed by atoms with Gasteiger partial charge in [-0.25, -0.2) is 0 Å². The van der Waals surface area contributed by atoms with E-state index in [2.05, 4.69) is 15.9 Å². The van der Waals surface area contributed by atoms with Crippen molar-refractivity contribution in [1.82, 2.24) is 0 Å². The van der Waals surface area contributed by atoms with Gasteiger partial charge in [-0.15, -0.1) is 0 Å². The number of hydrogen-bond acceptors (Lipinski definition) is 2. The number of ketones is 1. The lowest BCUT2D eigenvalue weighted by Gasteiger charge is -2.20. The van der Waals surface area contributed by atoms with Gasteiger partial charge in [0, 0.05) is 22.3 Å². The van der Waals surface area contributed by atoms with Gasteiger partial charge in [0.1, 0.15) is 5.78 Å². The summed E-state index contributed by atoms with van der Waals surface area (Å²) in [5, 5.41) is 0.678. The highest BCUT2D eigenvalue weighted by molar-refractivity contribution is 9.10. The highest BCUT2D eigenvalue weighted by atomic mass is 79.9. The quantitative estimate of drug-likeness (QED) is 0.782. The largest absolute Gasteiger partial charge is 0.299 e. The van der Waals surface area contributed by atoms with Crippen LogP contribution in [0.3, 0.4) is 0 Å². The second-order valence-electron chi connectivity index (χ2n) is 4.71. The number of benzene rings is 1. The molecule has 18 heavy (non-hydrogen) atoms. The van der Waals surface area contributed by atoms with E-state index in [1.165, 1.54) is 24.3 Å². The normalized spacial score (nSPS) is 16.8. The van der Waals surface area contributed by atoms with Crippen molar-refractivity contribution in [3.05, 3.63) is 33.3 Å². The number of hydrogen-bond donors (Lipinski definition) is 0. The van der Waals surface area contributed by atoms with Crippen molar-refractivity contribution < 1.29 is 4.79 Å². The van der Waals surface area contributed by atoms with Crippen molar-refractivity contribution in [2.45, 2.75) is 25.7 Å². The van der Waals surface area contributed by atoms with Crippen LogP contribution in [-0.2, 0) is 11.2 Å². The molecule has 0 aliphatic carbocycles. The maximum atomic E-state index is 12.0. The minimum Gasteiger partial charge on any atom is -0.299 e. The van der Waals surface area contributed by atoms with Gasteiger partial charge in [0.25, 0.3) is 0 Å². The molecule has 2 rings (SSSR count). The first-order valence-corrected chi connectivity index (χ1v) is 8.51. The van der Waals surface area contributed by atoms with Crippen molar-refractivity contribution in [3.8, 4) is 0 Å². The van der Waals surface area contributed by atoms with Crippen LogP contribution in [0.25, 0.3) is 0 Å². The number of Topliss-reactive ketones (excluding diaryl/α,β-unsaturated/α-hetero) is 1. The molecule has 1 aliphatic heterocycles. The van der Waals surface area contributed by atoms with Crippen molar-refractivity contribution in [2.75, 3.05) is 11.5 Å². The summed E-state index contributed by atoms with van der Waals surface area (Å²) in [6.07, 6.45) is 3.55. The molecule has 0 bridgehead atoms. The maximum absolute atomic E-state index is 12.0. The molecule has 1 aromatic carbocycles. The zero-order chi connectivity index (χ0) is 13.0. The molecule has 1 nitrogen and oxygen atoms in total. The van der Waals surface area contributed by atoms with Crippen molar-refractivity contribution >= 4 is 45.1 Å². The zero-order valence-corrected chi connectivity index (χ0v) is 13.3. The van der Waals surface area contributed by atoms with Crippen LogP contribution in [-0.4, -0.2) is 17.3 Å². The van der Waals surface area contributed by atoms with Gasteiger partial charge in [0.2, 0.25) is 0 Å². The van der Waals surface area contributed by atoms with Crippen LogP contribution >= 0.6 is 39.3 Å². The number of carbonyl (C=O) groups excluding carboxylic acids is 1. The Morgan fingerprint density at radius 1 is 1.39 bits per heavy atom. The second kappa shape index (κ2) is 6.97. The Hall–Kier alpha value is 0.01000. The van der Waals surface area contributed by atoms with E-state index in [1.807, 2.05) is 30.0 Å². The molecule has 1 aliphatic rings. The van der Waals surface area contributed by atoms with Crippen LogP contribution in [0.4, 0.5) is 0 Å². The Balaban J connectivity index is 1.90. The summed E-state index contributed by atoms with van der Waals surface area (Å²) in [5.74, 6) is 3.32. The molecule has 0 N–H and O–H groups in total. The molecule has 0 spiro atoms. The maximum Gasteiger partial charge on any atom is 0.137 e. The molecule has 0 radical (unpaired) electrons. The van der Waals surface area contributed by atoms with Gasteiger partial charge in [-0.1, -0.05) is 33.6 Å². The minimum absolute atomic E-state index is 0.316. The first-order valence-electron chi connectivity index (χ1n) is 6.18. The van der Waals surface area contributed by atoms with E-state index in [1.54, 1.807) is 0 Å². The summed E-state index contributed by atoms with van der Waals surface area (Å²) >= 11 is 11.5. The van der Waals surface area contributed by atoms with Crippen molar-refractivity contribution in [3.63, 3.8) is 0 Å². The first kappa shape index (κ1) is 14.4. The lowest BCUT2D eigenvalue weighted by molar-refractivity contribution is -0.119. The van der Waals surface area contributed by atoms with E-state index in [0.29, 0.717) is 29.6 Å². The predicted molar refractivity (Wildman–Crippen MR) is 82.5 cm³/mol. The molecule has 1 heterocycles. The number of rotatable bonds is 4. The van der Waals surface area contributed by atoms with E-state index in [-0.39, 0.29) is 0 Å². The van der Waals surface area contributed by atoms with Crippen LogP contribution < -0.4 is 0 Å². The zero-order valence-electron chi connectivity index (χ0n) is 10.1. The Bertz CT molecular complexity index is 430. The van der Waals surface area contributed by atoms with E-state index >= 15 is 0 Å². The lowest BCUT2D eigenvalue weighted by Crippen LogP contribution is -2.15. The molecule has 1 aromatic rings. The van der Waals surface area contributed by atoms with Gasteiger partial charge < -0.3 is 0 Å². The fraction of sp³-hybridized carbons (Fsp3) is 0.500. The average Bonchev–Trinajstić information content (AvgIpc) is 2.34. The smallest absolute Gasteiger partial charge is 0.137 e. The fourth-order valence-corrected chi connectivity index (χ4v) is 4.17. The Labute approximate surface area is 126 Å². The minimum atomic E-state index is 0.316. The third kappa shape index (κ3) is 4.29. The Kier molecular flexibility index (Phi) is 5.58. The SMILES string of the molecule is O=C(Cc1ccc(Br)cc1Cl)CC1CCSCC1. The molecule has 0 saturated carbocycles. The third-order valence-electron chi connectivity index (χ3n) is 3.26. The molecule has 4 heteroatoms. The van der Waals surface area contributed by atoms with E-state index < -0.39 is 0 Å². The summed E-state index contributed by atoms with van der Waals surface area (Å²) in [6.45, 7) is 0. The summed E-state index contributed by atoms with van der Waals surface area (Å²) in [7, 11) is 0. The Morgan fingerprint density at radius 3 is 2.78 bits per heavy atom. The first-order chi connectivity index (χ1) is 8.65. The number of carbonyl (C=O) groups is 1. The van der Waals surface area contributed by atoms with Crippen LogP contribution in [0.1, 0.15) is 24.8 Å². The van der Waals surface area contributed by atoms with Crippen molar-refractivity contribution in [1.29, 1.82) is 0 Å². The topological polar surface area (TPSA) is 17.1 Å². The van der Waals surface area contributed by atoms with Crippen molar-refractivity contribution in [2.24, 2.45) is 5.92 Å². The predicted octanol–water partition coefficient (Wildman–Crippen LogP) is 4.75. The van der Waals surface area contributed by atoms with Gasteiger partial charge in [0.05, 0.1) is 0 Å². The molecule has 0 aromatic heterocycles. The summed E-state index contributed by atoms with van der Waals surface area (Å²) < 4.78 is 0.952. The highest BCUT2D eigenvalue weighted by Crippen LogP contribution is 2.27. The van der Waals surface area contributed by atoms with Gasteiger partial charge >= 0.3 is 0 Å². The number of halogens is 2. The molecular formula is C14H16BrClOS. The molecule has 0 atom stereocenters. The molecule has 0 unspecified atom stereocenters. The Morgan fingerprint density at radius 2 is 2.11 bits per heavy atom. The highest BCUT2D eigenvalue weighted by Gasteiger charge is 2.18. The van der Waals surface area contributed by atoms with Gasteiger partial charge in [-0.2, -0.15) is 11.8 Å². The molecular weight excluding hydrogens is 332 g/mol. The standard InChI is InChI=1S/C14H16BrClOS/c15-12-2-1-11(14(16)9-12)8-13(17)7-10-3-5-18-6-4-10/h1-2,9-10H,3-8H2. The summed E-state index contributed by atoms with van der Waals surface area (Å²) in [6, 6.07) is 5.72. The van der Waals surface area contributed by atoms with Gasteiger partial charge in [-0.3, -0.25) is 4.79 Å². The average molecular weight is 348 g/mol. The second-order valence-corrected chi connectivity index (χ2v) is 7.26. The molecule has 98 valence electrons. The summed E-state index contributed by atoms with van der Waals surface area (Å²) in [4.78, 5) is 12.0. The number of thioether (sulfide) groups is 1. The van der Waals surface area contributed by atoms with E-state index in [0.717, 1.165) is 10.0 Å². The van der Waals surface area contributed by atoms with Crippen LogP contribution in [0.2, 0.25) is 5.02 Å². The van der Waals surface area contributed by atoms with Crippen LogP contribution in [0.5, 0.6) is 0 Å². The van der Waals surface area contributed by atoms with Gasteiger partial charge in [0.15, 0.2) is 0 Å². The monoisotopic (exact) mass is 346 g/mol.